The molecule has 0 saturated heterocycles. The van der Waals surface area contributed by atoms with Crippen LogP contribution in [0.5, 0.6) is 0 Å². The number of carbonyl (C=O) groups excluding carboxylic acids is 2. The van der Waals surface area contributed by atoms with Crippen LogP contribution in [-0.4, -0.2) is 40.0 Å². The topological polar surface area (TPSA) is 94.9 Å². The van der Waals surface area contributed by atoms with E-state index in [1.54, 1.807) is 26.0 Å². The number of rotatable bonds is 3. The maximum Gasteiger partial charge on any atom is 0.337 e. The van der Waals surface area contributed by atoms with Crippen molar-refractivity contribution in [2.24, 2.45) is 0 Å². The lowest BCUT2D eigenvalue weighted by atomic mass is 10.0. The first-order valence-electron chi connectivity index (χ1n) is 6.09. The van der Waals surface area contributed by atoms with Gasteiger partial charge in [-0.2, -0.15) is 0 Å². The summed E-state index contributed by atoms with van der Waals surface area (Å²) in [6.07, 6.45) is 0. The standard InChI is InChI=1S/C14H15NO5/c1-7-4-5-8(2)10-9(7)11(16)12(17)15(10)6-14(3,20)13(18)19/h4-5,20H,6H2,1-3H3,(H,18,19). The zero-order valence-corrected chi connectivity index (χ0v) is 11.4. The van der Waals surface area contributed by atoms with Crippen molar-refractivity contribution < 1.29 is 24.6 Å². The number of nitrogens with zero attached hydrogens (tertiary/aromatic N) is 1. The predicted octanol–water partition coefficient (Wildman–Crippen LogP) is 0.668. The van der Waals surface area contributed by atoms with Gasteiger partial charge in [-0.15, -0.1) is 0 Å². The van der Waals surface area contributed by atoms with Crippen LogP contribution in [0.15, 0.2) is 12.1 Å². The molecule has 0 bridgehead atoms. The second kappa shape index (κ2) is 4.42. The molecule has 1 atom stereocenters. The Morgan fingerprint density at radius 1 is 1.25 bits per heavy atom. The minimum atomic E-state index is -2.12. The second-order valence-corrected chi connectivity index (χ2v) is 5.22. The number of hydrogen-bond acceptors (Lipinski definition) is 4. The molecule has 1 amide bonds. The molecule has 1 aromatic carbocycles. The molecular weight excluding hydrogens is 262 g/mol. The van der Waals surface area contributed by atoms with Crippen LogP contribution in [-0.2, 0) is 9.59 Å². The highest BCUT2D eigenvalue weighted by atomic mass is 16.4. The van der Waals surface area contributed by atoms with E-state index < -0.39 is 29.8 Å². The Morgan fingerprint density at radius 3 is 2.35 bits per heavy atom. The Balaban J connectivity index is 2.54. The molecule has 0 saturated carbocycles. The quantitative estimate of drug-likeness (QED) is 0.792. The second-order valence-electron chi connectivity index (χ2n) is 5.22. The van der Waals surface area contributed by atoms with Crippen molar-refractivity contribution in [3.8, 4) is 0 Å². The Kier molecular flexibility index (Phi) is 3.14. The van der Waals surface area contributed by atoms with E-state index in [9.17, 15) is 19.5 Å². The first-order chi connectivity index (χ1) is 9.16. The largest absolute Gasteiger partial charge is 0.479 e. The van der Waals surface area contributed by atoms with Gasteiger partial charge in [0.25, 0.3) is 11.7 Å². The number of benzene rings is 1. The lowest BCUT2D eigenvalue weighted by Gasteiger charge is -2.26. The number of aliphatic carboxylic acids is 1. The molecule has 0 fully saturated rings. The molecule has 6 heteroatoms. The third-order valence-electron chi connectivity index (χ3n) is 3.45. The molecule has 2 N–H and O–H groups in total. The van der Waals surface area contributed by atoms with Crippen molar-refractivity contribution in [2.75, 3.05) is 11.4 Å². The first-order valence-corrected chi connectivity index (χ1v) is 6.09. The molecule has 1 heterocycles. The summed E-state index contributed by atoms with van der Waals surface area (Å²) in [5.41, 5.74) is -0.0987. The van der Waals surface area contributed by atoms with E-state index in [2.05, 4.69) is 0 Å². The molecule has 6 nitrogen and oxygen atoms in total. The number of hydrogen-bond donors (Lipinski definition) is 2. The maximum atomic E-state index is 12.0. The summed E-state index contributed by atoms with van der Waals surface area (Å²) in [5.74, 6) is -2.92. The zero-order chi connectivity index (χ0) is 15.2. The number of fused-ring (bicyclic) bond motifs is 1. The number of carbonyl (C=O) groups is 3. The molecule has 0 spiro atoms. The third kappa shape index (κ3) is 1.98. The van der Waals surface area contributed by atoms with Gasteiger partial charge in [0.15, 0.2) is 5.60 Å². The van der Waals surface area contributed by atoms with Gasteiger partial charge in [0.05, 0.1) is 17.8 Å². The Labute approximate surface area is 115 Å². The third-order valence-corrected chi connectivity index (χ3v) is 3.45. The average molecular weight is 277 g/mol. The van der Waals surface area contributed by atoms with E-state index in [4.69, 9.17) is 5.11 Å². The molecule has 1 unspecified atom stereocenters. The number of β-amino-alcohol motifs (C(OH)–C–C–N with tert-alkyl or cyclic N) is 1. The van der Waals surface area contributed by atoms with Gasteiger partial charge in [-0.05, 0) is 31.9 Å². The van der Waals surface area contributed by atoms with Crippen molar-refractivity contribution >= 4 is 23.3 Å². The number of anilines is 1. The number of carboxylic acid groups (broad SMARTS) is 1. The van der Waals surface area contributed by atoms with Crippen molar-refractivity contribution in [3.63, 3.8) is 0 Å². The van der Waals surface area contributed by atoms with Gasteiger partial charge in [0, 0.05) is 0 Å². The highest BCUT2D eigenvalue weighted by Gasteiger charge is 2.43. The molecule has 1 aliphatic heterocycles. The first kappa shape index (κ1) is 14.2. The Bertz CT molecular complexity index is 633. The van der Waals surface area contributed by atoms with E-state index in [1.807, 2.05) is 0 Å². The molecular formula is C14H15NO5. The van der Waals surface area contributed by atoms with E-state index in [0.717, 1.165) is 11.8 Å². The number of aryl methyl sites for hydroxylation is 2. The van der Waals surface area contributed by atoms with Crippen LogP contribution in [0.2, 0.25) is 0 Å². The van der Waals surface area contributed by atoms with Crippen LogP contribution < -0.4 is 4.90 Å². The van der Waals surface area contributed by atoms with Crippen LogP contribution in [0.4, 0.5) is 5.69 Å². The van der Waals surface area contributed by atoms with Gasteiger partial charge >= 0.3 is 5.97 Å². The van der Waals surface area contributed by atoms with Gasteiger partial charge < -0.3 is 15.1 Å². The molecule has 1 aliphatic rings. The number of ketones is 1. The fraction of sp³-hybridized carbons (Fsp3) is 0.357. The summed E-state index contributed by atoms with van der Waals surface area (Å²) in [4.78, 5) is 36.1. The van der Waals surface area contributed by atoms with Gasteiger partial charge in [-0.3, -0.25) is 9.59 Å². The molecule has 20 heavy (non-hydrogen) atoms. The van der Waals surface area contributed by atoms with Crippen molar-refractivity contribution in [3.05, 3.63) is 28.8 Å². The molecule has 0 aliphatic carbocycles. The van der Waals surface area contributed by atoms with Crippen LogP contribution in [0.25, 0.3) is 0 Å². The number of Topliss-reactive ketones (excluding diaryl/α,β-unsaturated/α-hetero) is 1. The minimum absolute atomic E-state index is 0.288. The Morgan fingerprint density at radius 2 is 1.80 bits per heavy atom. The summed E-state index contributed by atoms with van der Waals surface area (Å²) in [5, 5.41) is 18.8. The van der Waals surface area contributed by atoms with Crippen molar-refractivity contribution in [2.45, 2.75) is 26.4 Å². The zero-order valence-electron chi connectivity index (χ0n) is 11.4. The average Bonchev–Trinajstić information content (AvgIpc) is 2.59. The fourth-order valence-corrected chi connectivity index (χ4v) is 2.29. The summed E-state index contributed by atoms with van der Waals surface area (Å²) in [7, 11) is 0. The van der Waals surface area contributed by atoms with Crippen LogP contribution in [0.3, 0.4) is 0 Å². The summed E-state index contributed by atoms with van der Waals surface area (Å²) >= 11 is 0. The van der Waals surface area contributed by atoms with Crippen LogP contribution in [0.1, 0.15) is 28.4 Å². The van der Waals surface area contributed by atoms with E-state index in [0.29, 0.717) is 16.8 Å². The smallest absolute Gasteiger partial charge is 0.337 e. The SMILES string of the molecule is Cc1ccc(C)c2c1C(=O)C(=O)N2CC(C)(O)C(=O)O. The number of aliphatic hydroxyl groups is 1. The monoisotopic (exact) mass is 277 g/mol. The summed E-state index contributed by atoms with van der Waals surface area (Å²) in [6.45, 7) is 4.06. The van der Waals surface area contributed by atoms with Crippen LogP contribution >= 0.6 is 0 Å². The molecule has 0 radical (unpaired) electrons. The molecule has 2 rings (SSSR count). The number of carboxylic acids is 1. The lowest BCUT2D eigenvalue weighted by molar-refractivity contribution is -0.155. The Hall–Kier alpha value is -2.21. The lowest BCUT2D eigenvalue weighted by Crippen LogP contribution is -2.48. The van der Waals surface area contributed by atoms with Gasteiger partial charge in [0.1, 0.15) is 0 Å². The molecule has 106 valence electrons. The van der Waals surface area contributed by atoms with Crippen molar-refractivity contribution in [1.29, 1.82) is 0 Å². The highest BCUT2D eigenvalue weighted by Crippen LogP contribution is 2.35. The summed E-state index contributed by atoms with van der Waals surface area (Å²) < 4.78 is 0. The van der Waals surface area contributed by atoms with Crippen molar-refractivity contribution in [1.82, 2.24) is 0 Å². The maximum absolute atomic E-state index is 12.0. The summed E-state index contributed by atoms with van der Waals surface area (Å²) in [6, 6.07) is 3.49. The van der Waals surface area contributed by atoms with Gasteiger partial charge in [-0.1, -0.05) is 12.1 Å². The van der Waals surface area contributed by atoms with E-state index in [1.165, 1.54) is 0 Å². The van der Waals surface area contributed by atoms with E-state index >= 15 is 0 Å². The van der Waals surface area contributed by atoms with Gasteiger partial charge in [-0.25, -0.2) is 4.79 Å². The van der Waals surface area contributed by atoms with Gasteiger partial charge in [0.2, 0.25) is 0 Å². The molecule has 1 aromatic rings. The fourth-order valence-electron chi connectivity index (χ4n) is 2.29. The molecule has 0 aromatic heterocycles. The normalized spacial score (nSPS) is 17.1. The highest BCUT2D eigenvalue weighted by molar-refractivity contribution is 6.52. The number of amides is 1. The van der Waals surface area contributed by atoms with Crippen LogP contribution in [0, 0.1) is 13.8 Å². The predicted molar refractivity (Wildman–Crippen MR) is 70.9 cm³/mol. The van der Waals surface area contributed by atoms with E-state index in [-0.39, 0.29) is 5.56 Å². The minimum Gasteiger partial charge on any atom is -0.479 e.